The first-order valence-electron chi connectivity index (χ1n) is 7.06. The summed E-state index contributed by atoms with van der Waals surface area (Å²) >= 11 is 1.88. The molecule has 1 aromatic heterocycles. The van der Waals surface area contributed by atoms with Crippen molar-refractivity contribution < 1.29 is 0 Å². The van der Waals surface area contributed by atoms with E-state index in [2.05, 4.69) is 48.9 Å². The van der Waals surface area contributed by atoms with Crippen LogP contribution in [0.5, 0.6) is 0 Å². The minimum atomic E-state index is 0.381. The van der Waals surface area contributed by atoms with Crippen molar-refractivity contribution in [1.82, 2.24) is 10.2 Å². The maximum atomic E-state index is 3.59. The Balaban J connectivity index is 2.02. The van der Waals surface area contributed by atoms with Crippen LogP contribution in [-0.2, 0) is 6.42 Å². The van der Waals surface area contributed by atoms with Gasteiger partial charge in [0.1, 0.15) is 0 Å². The SMILES string of the molecule is CNC(CCc1cccs1)C1(N(C)C)CCCC1. The molecule has 1 aromatic rings. The van der Waals surface area contributed by atoms with Crippen LogP contribution >= 0.6 is 11.3 Å². The number of nitrogens with zero attached hydrogens (tertiary/aromatic N) is 1. The monoisotopic (exact) mass is 266 g/mol. The lowest BCUT2D eigenvalue weighted by Gasteiger charge is -2.43. The van der Waals surface area contributed by atoms with E-state index in [1.807, 2.05) is 11.3 Å². The molecule has 0 spiro atoms. The maximum absolute atomic E-state index is 3.59. The summed E-state index contributed by atoms with van der Waals surface area (Å²) in [4.78, 5) is 3.98. The lowest BCUT2D eigenvalue weighted by atomic mass is 9.84. The summed E-state index contributed by atoms with van der Waals surface area (Å²) in [7, 11) is 6.63. The fourth-order valence-electron chi connectivity index (χ4n) is 3.52. The van der Waals surface area contributed by atoms with E-state index >= 15 is 0 Å². The van der Waals surface area contributed by atoms with Crippen molar-refractivity contribution in [1.29, 1.82) is 0 Å². The zero-order valence-corrected chi connectivity index (χ0v) is 12.7. The summed E-state index contributed by atoms with van der Waals surface area (Å²) in [5.74, 6) is 0. The first kappa shape index (κ1) is 14.0. The van der Waals surface area contributed by atoms with Crippen molar-refractivity contribution in [2.24, 2.45) is 0 Å². The molecule has 1 N–H and O–H groups in total. The molecule has 1 heterocycles. The van der Waals surface area contributed by atoms with Crippen molar-refractivity contribution in [2.75, 3.05) is 21.1 Å². The van der Waals surface area contributed by atoms with E-state index in [-0.39, 0.29) is 0 Å². The van der Waals surface area contributed by atoms with Gasteiger partial charge in [0.05, 0.1) is 0 Å². The van der Waals surface area contributed by atoms with Crippen molar-refractivity contribution >= 4 is 11.3 Å². The normalized spacial score (nSPS) is 20.4. The van der Waals surface area contributed by atoms with Crippen molar-refractivity contribution in [2.45, 2.75) is 50.1 Å². The van der Waals surface area contributed by atoms with Gasteiger partial charge < -0.3 is 10.2 Å². The van der Waals surface area contributed by atoms with E-state index in [9.17, 15) is 0 Å². The van der Waals surface area contributed by atoms with Crippen LogP contribution < -0.4 is 5.32 Å². The van der Waals surface area contributed by atoms with E-state index in [4.69, 9.17) is 0 Å². The molecule has 1 atom stereocenters. The van der Waals surface area contributed by atoms with Crippen LogP contribution in [0.15, 0.2) is 17.5 Å². The number of likely N-dealkylation sites (N-methyl/N-ethyl adjacent to an activating group) is 2. The second-order valence-electron chi connectivity index (χ2n) is 5.66. The van der Waals surface area contributed by atoms with E-state index in [1.165, 1.54) is 43.4 Å². The fraction of sp³-hybridized carbons (Fsp3) is 0.733. The van der Waals surface area contributed by atoms with Crippen LogP contribution in [0.25, 0.3) is 0 Å². The van der Waals surface area contributed by atoms with Gasteiger partial charge in [-0.25, -0.2) is 0 Å². The molecule has 0 saturated heterocycles. The van der Waals surface area contributed by atoms with E-state index in [1.54, 1.807) is 0 Å². The predicted molar refractivity (Wildman–Crippen MR) is 80.4 cm³/mol. The molecule has 1 fully saturated rings. The molecule has 3 heteroatoms. The summed E-state index contributed by atoms with van der Waals surface area (Å²) in [6.45, 7) is 0. The minimum absolute atomic E-state index is 0.381. The quantitative estimate of drug-likeness (QED) is 0.851. The Morgan fingerprint density at radius 1 is 1.39 bits per heavy atom. The standard InChI is InChI=1S/C15H26N2S/c1-16-14(9-8-13-7-6-12-18-13)15(17(2)3)10-4-5-11-15/h6-7,12,14,16H,4-5,8-11H2,1-3H3. The number of rotatable bonds is 6. The summed E-state index contributed by atoms with van der Waals surface area (Å²) in [5.41, 5.74) is 0.381. The topological polar surface area (TPSA) is 15.3 Å². The highest BCUT2D eigenvalue weighted by molar-refractivity contribution is 7.09. The average Bonchev–Trinajstić information content (AvgIpc) is 3.00. The van der Waals surface area contributed by atoms with E-state index in [0.29, 0.717) is 11.6 Å². The summed E-state index contributed by atoms with van der Waals surface area (Å²) in [6, 6.07) is 5.03. The lowest BCUT2D eigenvalue weighted by Crippen LogP contribution is -2.56. The zero-order chi connectivity index (χ0) is 13.0. The molecule has 102 valence electrons. The summed E-state index contributed by atoms with van der Waals surface area (Å²) in [5, 5.41) is 5.77. The van der Waals surface area contributed by atoms with E-state index in [0.717, 1.165) is 0 Å². The first-order chi connectivity index (χ1) is 8.69. The molecular weight excluding hydrogens is 240 g/mol. The number of thiophene rings is 1. The lowest BCUT2D eigenvalue weighted by molar-refractivity contribution is 0.104. The van der Waals surface area contributed by atoms with Crippen LogP contribution in [-0.4, -0.2) is 37.6 Å². The molecule has 0 amide bonds. The molecule has 1 saturated carbocycles. The molecule has 0 radical (unpaired) electrons. The van der Waals surface area contributed by atoms with Gasteiger partial charge in [-0.3, -0.25) is 0 Å². The Kier molecular flexibility index (Phi) is 4.82. The van der Waals surface area contributed by atoms with Gasteiger partial charge in [0.15, 0.2) is 0 Å². The maximum Gasteiger partial charge on any atom is 0.0356 e. The Morgan fingerprint density at radius 2 is 2.11 bits per heavy atom. The second-order valence-corrected chi connectivity index (χ2v) is 6.70. The van der Waals surface area contributed by atoms with Crippen molar-refractivity contribution in [3.8, 4) is 0 Å². The molecular formula is C15H26N2S. The van der Waals surface area contributed by atoms with E-state index < -0.39 is 0 Å². The molecule has 0 bridgehead atoms. The Hall–Kier alpha value is -0.380. The van der Waals surface area contributed by atoms with Gasteiger partial charge in [0.2, 0.25) is 0 Å². The molecule has 18 heavy (non-hydrogen) atoms. The number of hydrogen-bond acceptors (Lipinski definition) is 3. The van der Waals surface area contributed by atoms with Crippen LogP contribution in [0.4, 0.5) is 0 Å². The highest BCUT2D eigenvalue weighted by atomic mass is 32.1. The zero-order valence-electron chi connectivity index (χ0n) is 11.9. The van der Waals surface area contributed by atoms with Gasteiger partial charge in [-0.2, -0.15) is 0 Å². The van der Waals surface area contributed by atoms with Crippen molar-refractivity contribution in [3.63, 3.8) is 0 Å². The van der Waals surface area contributed by atoms with Gasteiger partial charge in [-0.1, -0.05) is 18.9 Å². The average molecular weight is 266 g/mol. The fourth-order valence-corrected chi connectivity index (χ4v) is 4.24. The third-order valence-electron chi connectivity index (χ3n) is 4.62. The smallest absolute Gasteiger partial charge is 0.0356 e. The third-order valence-corrected chi connectivity index (χ3v) is 5.55. The summed E-state index contributed by atoms with van der Waals surface area (Å²) in [6.07, 6.45) is 7.91. The Labute approximate surface area is 115 Å². The van der Waals surface area contributed by atoms with Gasteiger partial charge >= 0.3 is 0 Å². The minimum Gasteiger partial charge on any atom is -0.315 e. The molecule has 0 aromatic carbocycles. The van der Waals surface area contributed by atoms with Gasteiger partial charge in [-0.05, 0) is 58.3 Å². The Morgan fingerprint density at radius 3 is 2.61 bits per heavy atom. The van der Waals surface area contributed by atoms with Crippen molar-refractivity contribution in [3.05, 3.63) is 22.4 Å². The highest BCUT2D eigenvalue weighted by Crippen LogP contribution is 2.38. The molecule has 2 nitrogen and oxygen atoms in total. The first-order valence-corrected chi connectivity index (χ1v) is 7.94. The van der Waals surface area contributed by atoms with Crippen LogP contribution in [0, 0.1) is 0 Å². The van der Waals surface area contributed by atoms with Gasteiger partial charge in [-0.15, -0.1) is 11.3 Å². The molecule has 0 aliphatic heterocycles. The highest BCUT2D eigenvalue weighted by Gasteiger charge is 2.42. The molecule has 1 aliphatic rings. The number of nitrogens with one attached hydrogen (secondary N) is 1. The van der Waals surface area contributed by atoms with Crippen LogP contribution in [0.1, 0.15) is 37.0 Å². The van der Waals surface area contributed by atoms with Gasteiger partial charge in [0.25, 0.3) is 0 Å². The number of hydrogen-bond donors (Lipinski definition) is 1. The Bertz CT molecular complexity index is 339. The van der Waals surface area contributed by atoms with Crippen LogP contribution in [0.2, 0.25) is 0 Å². The molecule has 1 aliphatic carbocycles. The largest absolute Gasteiger partial charge is 0.315 e. The predicted octanol–water partition coefficient (Wildman–Crippen LogP) is 3.14. The second kappa shape index (κ2) is 6.18. The molecule has 1 unspecified atom stereocenters. The van der Waals surface area contributed by atoms with Gasteiger partial charge in [0, 0.05) is 16.5 Å². The number of aryl methyl sites for hydroxylation is 1. The molecule has 2 rings (SSSR count). The third kappa shape index (κ3) is 2.79. The van der Waals surface area contributed by atoms with Crippen LogP contribution in [0.3, 0.4) is 0 Å². The summed E-state index contributed by atoms with van der Waals surface area (Å²) < 4.78 is 0.